The Morgan fingerprint density at radius 3 is 2.57 bits per heavy atom. The summed E-state index contributed by atoms with van der Waals surface area (Å²) >= 11 is 12.2. The summed E-state index contributed by atoms with van der Waals surface area (Å²) in [4.78, 5) is 23.0. The number of nitrogens with zero attached hydrogens (tertiary/aromatic N) is 2. The third-order valence-corrected chi connectivity index (χ3v) is 4.83. The lowest BCUT2D eigenvalue weighted by molar-refractivity contribution is -0.142. The largest absolute Gasteiger partial charge is 0.480 e. The smallest absolute Gasteiger partial charge is 0.321 e. The summed E-state index contributed by atoms with van der Waals surface area (Å²) in [7, 11) is 0. The van der Waals surface area contributed by atoms with Crippen molar-refractivity contribution in [3.8, 4) is 0 Å². The van der Waals surface area contributed by atoms with Gasteiger partial charge in [-0.3, -0.25) is 19.6 Å². The zero-order valence-corrected chi connectivity index (χ0v) is 17.3. The monoisotopic (exact) mass is 429 g/mol. The highest BCUT2D eigenvalue weighted by Crippen LogP contribution is 2.24. The SMILES string of the molecule is CC(C)C[C@H](N[C@@H](Cc1ccn(CC2=CC(Cl)=CC(Cl)C2)n1)C(=O)O)C(=O)O. The van der Waals surface area contributed by atoms with Crippen LogP contribution in [0.2, 0.25) is 0 Å². The number of carboxylic acid groups (broad SMARTS) is 2. The van der Waals surface area contributed by atoms with Crippen LogP contribution in [-0.4, -0.2) is 49.4 Å². The molecule has 0 aliphatic heterocycles. The fraction of sp³-hybridized carbons (Fsp3) is 0.526. The van der Waals surface area contributed by atoms with Gasteiger partial charge in [0.15, 0.2) is 0 Å². The van der Waals surface area contributed by atoms with E-state index in [1.165, 1.54) is 0 Å². The first-order valence-corrected chi connectivity index (χ1v) is 9.90. The molecule has 1 aliphatic rings. The van der Waals surface area contributed by atoms with E-state index in [0.717, 1.165) is 5.57 Å². The number of hydrogen-bond donors (Lipinski definition) is 3. The Kier molecular flexibility index (Phi) is 8.10. The molecule has 7 nitrogen and oxygen atoms in total. The molecule has 1 heterocycles. The molecule has 1 aromatic heterocycles. The second-order valence-electron chi connectivity index (χ2n) is 7.36. The number of aliphatic carboxylic acids is 2. The molecule has 154 valence electrons. The third kappa shape index (κ3) is 6.96. The van der Waals surface area contributed by atoms with E-state index in [9.17, 15) is 19.8 Å². The summed E-state index contributed by atoms with van der Waals surface area (Å²) in [6, 6.07) is -0.235. The second-order valence-corrected chi connectivity index (χ2v) is 8.36. The molecule has 3 N–H and O–H groups in total. The lowest BCUT2D eigenvalue weighted by Gasteiger charge is -2.21. The van der Waals surface area contributed by atoms with Crippen LogP contribution < -0.4 is 5.32 Å². The minimum Gasteiger partial charge on any atom is -0.480 e. The highest BCUT2D eigenvalue weighted by molar-refractivity contribution is 6.32. The van der Waals surface area contributed by atoms with Gasteiger partial charge in [-0.1, -0.05) is 25.4 Å². The summed E-state index contributed by atoms with van der Waals surface area (Å²) < 4.78 is 1.70. The Bertz CT molecular complexity index is 773. The lowest BCUT2D eigenvalue weighted by Crippen LogP contribution is -2.48. The molecule has 2 rings (SSSR count). The van der Waals surface area contributed by atoms with E-state index in [2.05, 4.69) is 10.4 Å². The van der Waals surface area contributed by atoms with Gasteiger partial charge in [0, 0.05) is 17.6 Å². The molecule has 1 aliphatic carbocycles. The molecule has 0 saturated carbocycles. The second kappa shape index (κ2) is 10.1. The Morgan fingerprint density at radius 2 is 2.00 bits per heavy atom. The van der Waals surface area contributed by atoms with E-state index in [-0.39, 0.29) is 17.7 Å². The van der Waals surface area contributed by atoms with Crippen LogP contribution >= 0.6 is 23.2 Å². The van der Waals surface area contributed by atoms with Crippen LogP contribution in [0, 0.1) is 5.92 Å². The average molecular weight is 430 g/mol. The Labute approximate surface area is 174 Å². The van der Waals surface area contributed by atoms with E-state index in [1.807, 2.05) is 19.9 Å². The maximum atomic E-state index is 11.6. The lowest BCUT2D eigenvalue weighted by atomic mass is 10.0. The van der Waals surface area contributed by atoms with Crippen LogP contribution in [0.25, 0.3) is 0 Å². The van der Waals surface area contributed by atoms with Crippen LogP contribution in [0.5, 0.6) is 0 Å². The molecule has 0 radical (unpaired) electrons. The van der Waals surface area contributed by atoms with Gasteiger partial charge in [0.1, 0.15) is 12.1 Å². The predicted molar refractivity (Wildman–Crippen MR) is 108 cm³/mol. The van der Waals surface area contributed by atoms with Crippen LogP contribution in [-0.2, 0) is 22.6 Å². The van der Waals surface area contributed by atoms with Gasteiger partial charge in [-0.25, -0.2) is 0 Å². The Balaban J connectivity index is 2.03. The molecule has 0 bridgehead atoms. The topological polar surface area (TPSA) is 104 Å². The molecule has 28 heavy (non-hydrogen) atoms. The van der Waals surface area contributed by atoms with Crippen molar-refractivity contribution in [1.29, 1.82) is 0 Å². The molecule has 9 heteroatoms. The van der Waals surface area contributed by atoms with E-state index in [4.69, 9.17) is 23.2 Å². The molecule has 0 amide bonds. The number of carboxylic acids is 2. The van der Waals surface area contributed by atoms with Gasteiger partial charge in [0.2, 0.25) is 0 Å². The summed E-state index contributed by atoms with van der Waals surface area (Å²) in [5, 5.41) is 26.4. The zero-order valence-electron chi connectivity index (χ0n) is 15.8. The van der Waals surface area contributed by atoms with Crippen molar-refractivity contribution in [1.82, 2.24) is 15.1 Å². The molecule has 0 fully saturated rings. The van der Waals surface area contributed by atoms with Crippen molar-refractivity contribution in [3.63, 3.8) is 0 Å². The molecule has 0 saturated heterocycles. The van der Waals surface area contributed by atoms with Gasteiger partial charge in [-0.15, -0.1) is 11.6 Å². The molecular formula is C19H25Cl2N3O4. The number of carbonyl (C=O) groups is 2. The molecule has 0 aromatic carbocycles. The maximum absolute atomic E-state index is 11.6. The minimum atomic E-state index is -1.11. The average Bonchev–Trinajstić information content (AvgIpc) is 2.98. The molecule has 1 aromatic rings. The van der Waals surface area contributed by atoms with Crippen LogP contribution in [0.1, 0.15) is 32.4 Å². The van der Waals surface area contributed by atoms with E-state index < -0.39 is 24.0 Å². The summed E-state index contributed by atoms with van der Waals surface area (Å²) in [5.41, 5.74) is 1.59. The highest BCUT2D eigenvalue weighted by Gasteiger charge is 2.27. The van der Waals surface area contributed by atoms with Crippen molar-refractivity contribution >= 4 is 35.1 Å². The van der Waals surface area contributed by atoms with E-state index in [0.29, 0.717) is 30.1 Å². The molecule has 1 unspecified atom stereocenters. The number of halogens is 2. The Morgan fingerprint density at radius 1 is 1.32 bits per heavy atom. The van der Waals surface area contributed by atoms with Crippen molar-refractivity contribution in [2.45, 2.75) is 57.1 Å². The van der Waals surface area contributed by atoms with Crippen molar-refractivity contribution in [2.24, 2.45) is 5.92 Å². The Hall–Kier alpha value is -1.83. The first-order valence-electron chi connectivity index (χ1n) is 9.09. The van der Waals surface area contributed by atoms with Crippen molar-refractivity contribution in [2.75, 3.05) is 0 Å². The van der Waals surface area contributed by atoms with Crippen molar-refractivity contribution < 1.29 is 19.8 Å². The number of aromatic nitrogens is 2. The van der Waals surface area contributed by atoms with Crippen molar-refractivity contribution in [3.05, 3.63) is 40.7 Å². The zero-order chi connectivity index (χ0) is 20.8. The summed E-state index contributed by atoms with van der Waals surface area (Å²) in [5.74, 6) is -2.05. The molecule has 0 spiro atoms. The van der Waals surface area contributed by atoms with E-state index >= 15 is 0 Å². The third-order valence-electron chi connectivity index (χ3n) is 4.32. The van der Waals surface area contributed by atoms with E-state index in [1.54, 1.807) is 23.0 Å². The molecular weight excluding hydrogens is 405 g/mol. The summed E-state index contributed by atoms with van der Waals surface area (Å²) in [6.45, 7) is 4.28. The normalized spacial score (nSPS) is 19.1. The quantitative estimate of drug-likeness (QED) is 0.493. The maximum Gasteiger partial charge on any atom is 0.321 e. The number of nitrogens with one attached hydrogen (secondary N) is 1. The fourth-order valence-electron chi connectivity index (χ4n) is 3.08. The van der Waals surface area contributed by atoms with Crippen LogP contribution in [0.4, 0.5) is 0 Å². The minimum absolute atomic E-state index is 0.0854. The standard InChI is InChI=1S/C19H25Cl2N3O4/c1-11(2)5-16(18(25)26)22-17(19(27)28)9-15-3-4-24(23-15)10-12-6-13(20)8-14(21)7-12/h3-4,6,8,11,14,16-17,22H,5,7,9-10H2,1-2H3,(H,25,26)(H,27,28)/t14?,16-,17-/m0/s1. The van der Waals surface area contributed by atoms with Gasteiger partial charge in [0.05, 0.1) is 17.6 Å². The number of alkyl halides is 1. The van der Waals surface area contributed by atoms with Gasteiger partial charge in [-0.2, -0.15) is 5.10 Å². The fourth-order valence-corrected chi connectivity index (χ4v) is 3.79. The number of allylic oxidation sites excluding steroid dienone is 4. The van der Waals surface area contributed by atoms with Crippen LogP contribution in [0.15, 0.2) is 35.0 Å². The van der Waals surface area contributed by atoms with Gasteiger partial charge in [-0.05, 0) is 42.6 Å². The summed E-state index contributed by atoms with van der Waals surface area (Å²) in [6.07, 6.45) is 6.49. The first-order chi connectivity index (χ1) is 13.1. The predicted octanol–water partition coefficient (Wildman–Crippen LogP) is 3.03. The molecule has 3 atom stereocenters. The van der Waals surface area contributed by atoms with Gasteiger partial charge >= 0.3 is 11.9 Å². The number of rotatable bonds is 10. The highest BCUT2D eigenvalue weighted by atomic mass is 35.5. The number of hydrogen-bond acceptors (Lipinski definition) is 4. The van der Waals surface area contributed by atoms with Gasteiger partial charge in [0.25, 0.3) is 0 Å². The first kappa shape index (κ1) is 22.5. The van der Waals surface area contributed by atoms with Gasteiger partial charge < -0.3 is 10.2 Å². The van der Waals surface area contributed by atoms with Crippen LogP contribution in [0.3, 0.4) is 0 Å².